The number of nitrogens with zero attached hydrogens (tertiary/aromatic N) is 1. The quantitative estimate of drug-likeness (QED) is 0.578. The Morgan fingerprint density at radius 3 is 2.52 bits per heavy atom. The monoisotopic (exact) mass is 371 g/mol. The fourth-order valence-electron chi connectivity index (χ4n) is 3.45. The van der Waals surface area contributed by atoms with Crippen molar-refractivity contribution < 1.29 is 24.6 Å². The van der Waals surface area contributed by atoms with E-state index in [1.54, 1.807) is 24.4 Å². The summed E-state index contributed by atoms with van der Waals surface area (Å²) in [6, 6.07) is 4.41. The molecule has 8 nitrogen and oxygen atoms in total. The van der Waals surface area contributed by atoms with Gasteiger partial charge in [0.05, 0.1) is 0 Å². The molecule has 0 spiro atoms. The zero-order valence-corrected chi connectivity index (χ0v) is 14.6. The van der Waals surface area contributed by atoms with E-state index in [9.17, 15) is 19.5 Å². The van der Waals surface area contributed by atoms with Crippen molar-refractivity contribution in [1.82, 2.24) is 9.88 Å². The summed E-state index contributed by atoms with van der Waals surface area (Å²) in [5.74, 6) is -2.64. The molecule has 0 bridgehead atoms. The number of anilines is 1. The molecule has 1 aliphatic heterocycles. The third-order valence-electron chi connectivity index (χ3n) is 4.64. The summed E-state index contributed by atoms with van der Waals surface area (Å²) in [4.78, 5) is 39.1. The third kappa shape index (κ3) is 4.35. The predicted octanol–water partition coefficient (Wildman–Crippen LogP) is 2.36. The summed E-state index contributed by atoms with van der Waals surface area (Å²) < 4.78 is 0. The van der Waals surface area contributed by atoms with Crippen LogP contribution in [0.3, 0.4) is 0 Å². The first-order chi connectivity index (χ1) is 13.0. The van der Waals surface area contributed by atoms with Crippen LogP contribution in [0.5, 0.6) is 0 Å². The van der Waals surface area contributed by atoms with Crippen LogP contribution in [0.25, 0.3) is 10.9 Å². The zero-order valence-electron chi connectivity index (χ0n) is 14.6. The summed E-state index contributed by atoms with van der Waals surface area (Å²) in [5, 5.41) is 21.7. The number of H-pyrrole nitrogens is 1. The Hall–Kier alpha value is -3.13. The zero-order chi connectivity index (χ0) is 19.4. The average molecular weight is 371 g/mol. The van der Waals surface area contributed by atoms with Gasteiger partial charge in [0.1, 0.15) is 6.04 Å². The van der Waals surface area contributed by atoms with E-state index >= 15 is 0 Å². The Morgan fingerprint density at radius 1 is 1.11 bits per heavy atom. The van der Waals surface area contributed by atoms with Gasteiger partial charge in [0.2, 0.25) is 5.91 Å². The molecule has 1 amide bonds. The molecule has 0 aliphatic carbocycles. The summed E-state index contributed by atoms with van der Waals surface area (Å²) in [7, 11) is 0. The lowest BCUT2D eigenvalue weighted by molar-refractivity contribution is -0.144. The molecule has 1 fully saturated rings. The highest BCUT2D eigenvalue weighted by Crippen LogP contribution is 2.31. The van der Waals surface area contributed by atoms with E-state index in [4.69, 9.17) is 5.11 Å². The van der Waals surface area contributed by atoms with Crippen molar-refractivity contribution in [2.24, 2.45) is 0 Å². The second-order valence-electron chi connectivity index (χ2n) is 6.50. The van der Waals surface area contributed by atoms with E-state index in [0.29, 0.717) is 16.8 Å². The topological polar surface area (TPSA) is 123 Å². The number of aliphatic carboxylic acids is 2. The molecule has 1 saturated heterocycles. The number of fused-ring (bicyclic) bond motifs is 1. The number of carbonyl (C=O) groups excluding carboxylic acids is 1. The van der Waals surface area contributed by atoms with Crippen molar-refractivity contribution in [3.8, 4) is 0 Å². The van der Waals surface area contributed by atoms with Crippen molar-refractivity contribution in [2.45, 2.75) is 25.3 Å². The first kappa shape index (κ1) is 18.7. The number of piperidine rings is 1. The average Bonchev–Trinajstić information content (AvgIpc) is 3.04. The molecule has 2 aromatic rings. The molecular formula is C19H21N3O5. The van der Waals surface area contributed by atoms with Crippen molar-refractivity contribution >= 4 is 34.4 Å². The molecule has 8 heteroatoms. The number of aromatic nitrogens is 1. The smallest absolute Gasteiger partial charge is 0.328 e. The van der Waals surface area contributed by atoms with Crippen molar-refractivity contribution in [3.63, 3.8) is 0 Å². The van der Waals surface area contributed by atoms with Crippen LogP contribution in [0.15, 0.2) is 36.5 Å². The van der Waals surface area contributed by atoms with Crippen LogP contribution in [-0.4, -0.2) is 51.0 Å². The van der Waals surface area contributed by atoms with Gasteiger partial charge in [-0.3, -0.25) is 14.5 Å². The number of rotatable bonds is 6. The summed E-state index contributed by atoms with van der Waals surface area (Å²) in [5.41, 5.74) is 1.89. The van der Waals surface area contributed by atoms with Gasteiger partial charge >= 0.3 is 11.9 Å². The maximum Gasteiger partial charge on any atom is 0.328 e. The standard InChI is InChI=1S/C19H21N3O5/c23-16(6-7-17(24)25)21-12-4-5-13-14(11-20-15(13)10-12)18(19(26)27)22-8-2-1-3-9-22/h4-7,10-11,18,20H,1-3,8-9H2,(H,21,23)(H,24,25)(H,26,27). The fraction of sp³-hybridized carbons (Fsp3) is 0.316. The molecule has 27 heavy (non-hydrogen) atoms. The van der Waals surface area contributed by atoms with Gasteiger partial charge in [0.25, 0.3) is 0 Å². The largest absolute Gasteiger partial charge is 0.480 e. The number of carbonyl (C=O) groups is 3. The molecule has 4 N–H and O–H groups in total. The SMILES string of the molecule is O=C(O)C=CC(=O)Nc1ccc2c(C(C(=O)O)N3CCCCC3)c[nH]c2c1. The van der Waals surface area contributed by atoms with Crippen LogP contribution >= 0.6 is 0 Å². The molecule has 1 aromatic heterocycles. The molecule has 0 radical (unpaired) electrons. The first-order valence-electron chi connectivity index (χ1n) is 8.75. The van der Waals surface area contributed by atoms with Gasteiger partial charge in [-0.25, -0.2) is 4.79 Å². The van der Waals surface area contributed by atoms with E-state index in [-0.39, 0.29) is 0 Å². The lowest BCUT2D eigenvalue weighted by Gasteiger charge is -2.31. The lowest BCUT2D eigenvalue weighted by atomic mass is 10.0. The molecule has 1 aromatic carbocycles. The van der Waals surface area contributed by atoms with Crippen molar-refractivity contribution in [1.29, 1.82) is 0 Å². The van der Waals surface area contributed by atoms with Crippen LogP contribution in [0.4, 0.5) is 5.69 Å². The van der Waals surface area contributed by atoms with E-state index in [1.165, 1.54) is 0 Å². The lowest BCUT2D eigenvalue weighted by Crippen LogP contribution is -2.37. The molecule has 1 aliphatic rings. The minimum Gasteiger partial charge on any atom is -0.480 e. The second-order valence-corrected chi connectivity index (χ2v) is 6.50. The second kappa shape index (κ2) is 8.05. The summed E-state index contributed by atoms with van der Waals surface area (Å²) in [6.07, 6.45) is 6.50. The Kier molecular flexibility index (Phi) is 5.56. The highest BCUT2D eigenvalue weighted by molar-refractivity contribution is 6.03. The number of benzene rings is 1. The van der Waals surface area contributed by atoms with Crippen LogP contribution in [-0.2, 0) is 14.4 Å². The Balaban J connectivity index is 1.85. The number of carboxylic acids is 2. The van der Waals surface area contributed by atoms with Gasteiger partial charge < -0.3 is 20.5 Å². The van der Waals surface area contributed by atoms with E-state index < -0.39 is 23.9 Å². The number of hydrogen-bond donors (Lipinski definition) is 4. The van der Waals surface area contributed by atoms with Crippen LogP contribution < -0.4 is 5.32 Å². The molecule has 2 heterocycles. The van der Waals surface area contributed by atoms with Gasteiger partial charge in [0.15, 0.2) is 0 Å². The summed E-state index contributed by atoms with van der Waals surface area (Å²) >= 11 is 0. The molecule has 3 rings (SSSR count). The van der Waals surface area contributed by atoms with Crippen molar-refractivity contribution in [3.05, 3.63) is 42.1 Å². The van der Waals surface area contributed by atoms with Gasteiger partial charge in [-0.05, 0) is 38.1 Å². The van der Waals surface area contributed by atoms with Gasteiger partial charge in [-0.1, -0.05) is 12.5 Å². The van der Waals surface area contributed by atoms with Gasteiger partial charge in [-0.15, -0.1) is 0 Å². The Morgan fingerprint density at radius 2 is 1.85 bits per heavy atom. The number of likely N-dealkylation sites (tertiary alicyclic amines) is 1. The fourth-order valence-corrected chi connectivity index (χ4v) is 3.45. The Labute approximate surface area is 155 Å². The van der Waals surface area contributed by atoms with Crippen molar-refractivity contribution in [2.75, 3.05) is 18.4 Å². The van der Waals surface area contributed by atoms with Gasteiger partial charge in [0, 0.05) is 40.5 Å². The number of nitrogens with one attached hydrogen (secondary N) is 2. The van der Waals surface area contributed by atoms with Gasteiger partial charge in [-0.2, -0.15) is 0 Å². The predicted molar refractivity (Wildman–Crippen MR) is 99.5 cm³/mol. The maximum absolute atomic E-state index is 11.9. The first-order valence-corrected chi connectivity index (χ1v) is 8.75. The van der Waals surface area contributed by atoms with Crippen LogP contribution in [0.1, 0.15) is 30.9 Å². The normalized spacial score (nSPS) is 16.4. The number of carboxylic acid groups (broad SMARTS) is 2. The molecule has 1 unspecified atom stereocenters. The highest BCUT2D eigenvalue weighted by Gasteiger charge is 2.30. The van der Waals surface area contributed by atoms with Crippen LogP contribution in [0, 0.1) is 0 Å². The third-order valence-corrected chi connectivity index (χ3v) is 4.64. The molecule has 0 saturated carbocycles. The van der Waals surface area contributed by atoms with Crippen LogP contribution in [0.2, 0.25) is 0 Å². The number of hydrogen-bond acceptors (Lipinski definition) is 4. The Bertz CT molecular complexity index is 896. The molecular weight excluding hydrogens is 350 g/mol. The van der Waals surface area contributed by atoms with E-state index in [1.807, 2.05) is 4.90 Å². The minimum atomic E-state index is -1.20. The maximum atomic E-state index is 11.9. The molecule has 1 atom stereocenters. The van der Waals surface area contributed by atoms with E-state index in [0.717, 1.165) is 49.9 Å². The molecule has 142 valence electrons. The number of aromatic amines is 1. The summed E-state index contributed by atoms with van der Waals surface area (Å²) in [6.45, 7) is 1.52. The minimum absolute atomic E-state index is 0.487. The number of amides is 1. The van der Waals surface area contributed by atoms with E-state index in [2.05, 4.69) is 10.3 Å². The highest BCUT2D eigenvalue weighted by atomic mass is 16.4.